The van der Waals surface area contributed by atoms with Gasteiger partial charge in [-0.05, 0) is 18.7 Å². The van der Waals surface area contributed by atoms with Crippen molar-refractivity contribution < 1.29 is 14.4 Å². The Bertz CT molecular complexity index is 337. The maximum Gasteiger partial charge on any atom is 0.495 e. The second-order valence-corrected chi connectivity index (χ2v) is 3.13. The number of fused-ring (bicyclic) bond motifs is 1. The van der Waals surface area contributed by atoms with Crippen LogP contribution in [0.4, 0.5) is 0 Å². The summed E-state index contributed by atoms with van der Waals surface area (Å²) in [4.78, 5) is 0. The van der Waals surface area contributed by atoms with Gasteiger partial charge in [-0.15, -0.1) is 12.4 Å². The van der Waals surface area contributed by atoms with E-state index in [0.29, 0.717) is 19.1 Å². The van der Waals surface area contributed by atoms with Crippen molar-refractivity contribution in [2.75, 3.05) is 13.8 Å². The molecule has 1 aromatic rings. The molecule has 4 nitrogen and oxygen atoms in total. The van der Waals surface area contributed by atoms with Crippen LogP contribution in [0.5, 0.6) is 5.75 Å². The molecular weight excluding hydrogens is 216 g/mol. The zero-order valence-corrected chi connectivity index (χ0v) is 9.21. The zero-order valence-electron chi connectivity index (χ0n) is 8.40. The van der Waals surface area contributed by atoms with Crippen LogP contribution >= 0.6 is 12.4 Å². The molecule has 1 aliphatic rings. The molecule has 0 saturated carbocycles. The molecule has 0 aliphatic carbocycles. The largest absolute Gasteiger partial charge is 0.495 e. The molecule has 0 amide bonds. The normalized spacial score (nSPS) is 13.3. The third-order valence-electron chi connectivity index (χ3n) is 2.17. The quantitative estimate of drug-likeness (QED) is 0.561. The SMILES string of the molecule is CNCOc1cccc2c1B(O)OC2.Cl. The van der Waals surface area contributed by atoms with E-state index in [9.17, 15) is 5.02 Å². The van der Waals surface area contributed by atoms with Gasteiger partial charge in [0.1, 0.15) is 12.5 Å². The lowest BCUT2D eigenvalue weighted by atomic mass is 9.79. The third kappa shape index (κ3) is 2.44. The number of hydrogen-bond donors (Lipinski definition) is 2. The number of hydrogen-bond acceptors (Lipinski definition) is 4. The number of rotatable bonds is 3. The highest BCUT2D eigenvalue weighted by Gasteiger charge is 2.30. The van der Waals surface area contributed by atoms with Crippen molar-refractivity contribution in [1.29, 1.82) is 0 Å². The Morgan fingerprint density at radius 1 is 1.60 bits per heavy atom. The number of ether oxygens (including phenoxy) is 1. The Morgan fingerprint density at radius 2 is 2.40 bits per heavy atom. The Kier molecular flexibility index (Phi) is 4.41. The third-order valence-corrected chi connectivity index (χ3v) is 2.17. The second-order valence-electron chi connectivity index (χ2n) is 3.13. The molecule has 0 unspecified atom stereocenters. The van der Waals surface area contributed by atoms with Crippen LogP contribution in [-0.4, -0.2) is 25.9 Å². The van der Waals surface area contributed by atoms with Gasteiger partial charge in [-0.2, -0.15) is 0 Å². The lowest BCUT2D eigenvalue weighted by molar-refractivity contribution is 0.274. The second kappa shape index (κ2) is 5.37. The molecule has 82 valence electrons. The van der Waals surface area contributed by atoms with Crippen LogP contribution in [0.3, 0.4) is 0 Å². The first-order chi connectivity index (χ1) is 6.83. The predicted octanol–water partition coefficient (Wildman–Crippen LogP) is -0.118. The molecule has 0 saturated heterocycles. The van der Waals surface area contributed by atoms with E-state index in [0.717, 1.165) is 11.0 Å². The zero-order chi connectivity index (χ0) is 9.97. The summed E-state index contributed by atoms with van der Waals surface area (Å²) in [7, 11) is 0.953. The van der Waals surface area contributed by atoms with Gasteiger partial charge in [0.05, 0.1) is 6.61 Å². The van der Waals surface area contributed by atoms with Gasteiger partial charge in [0.15, 0.2) is 0 Å². The van der Waals surface area contributed by atoms with Gasteiger partial charge in [0, 0.05) is 5.46 Å². The minimum Gasteiger partial charge on any atom is -0.479 e. The van der Waals surface area contributed by atoms with Crippen LogP contribution in [0.25, 0.3) is 0 Å². The Hall–Kier alpha value is -0.745. The number of halogens is 1. The van der Waals surface area contributed by atoms with Gasteiger partial charge < -0.3 is 14.4 Å². The lowest BCUT2D eigenvalue weighted by Gasteiger charge is -2.09. The van der Waals surface area contributed by atoms with Crippen molar-refractivity contribution in [3.8, 4) is 5.75 Å². The van der Waals surface area contributed by atoms with E-state index in [1.165, 1.54) is 0 Å². The molecule has 0 fully saturated rings. The van der Waals surface area contributed by atoms with Crippen molar-refractivity contribution in [2.45, 2.75) is 6.61 Å². The van der Waals surface area contributed by atoms with Gasteiger partial charge >= 0.3 is 7.12 Å². The van der Waals surface area contributed by atoms with Crippen molar-refractivity contribution in [1.82, 2.24) is 5.32 Å². The van der Waals surface area contributed by atoms with E-state index in [1.807, 2.05) is 18.2 Å². The van der Waals surface area contributed by atoms with E-state index in [1.54, 1.807) is 7.05 Å². The molecule has 0 atom stereocenters. The minimum absolute atomic E-state index is 0. The predicted molar refractivity (Wildman–Crippen MR) is 60.6 cm³/mol. The summed E-state index contributed by atoms with van der Waals surface area (Å²) in [5.74, 6) is 0.682. The minimum atomic E-state index is -0.849. The van der Waals surface area contributed by atoms with Crippen molar-refractivity contribution in [2.24, 2.45) is 0 Å². The fourth-order valence-electron chi connectivity index (χ4n) is 1.52. The van der Waals surface area contributed by atoms with Crippen LogP contribution in [0.15, 0.2) is 18.2 Å². The van der Waals surface area contributed by atoms with Gasteiger partial charge in [0.25, 0.3) is 0 Å². The maximum absolute atomic E-state index is 9.54. The van der Waals surface area contributed by atoms with Crippen LogP contribution < -0.4 is 15.5 Å². The van der Waals surface area contributed by atoms with E-state index >= 15 is 0 Å². The average molecular weight is 229 g/mol. The van der Waals surface area contributed by atoms with Gasteiger partial charge in [-0.1, -0.05) is 12.1 Å². The summed E-state index contributed by atoms with van der Waals surface area (Å²) in [6.07, 6.45) is 0. The summed E-state index contributed by atoms with van der Waals surface area (Å²) >= 11 is 0. The Labute approximate surface area is 95.1 Å². The van der Waals surface area contributed by atoms with Gasteiger partial charge in [-0.25, -0.2) is 0 Å². The fraction of sp³-hybridized carbons (Fsp3) is 0.333. The lowest BCUT2D eigenvalue weighted by Crippen LogP contribution is -2.31. The fourth-order valence-corrected chi connectivity index (χ4v) is 1.52. The molecule has 0 radical (unpaired) electrons. The highest BCUT2D eigenvalue weighted by molar-refractivity contribution is 6.62. The first kappa shape index (κ1) is 12.3. The average Bonchev–Trinajstić information content (AvgIpc) is 2.58. The number of benzene rings is 1. The summed E-state index contributed by atoms with van der Waals surface area (Å²) < 4.78 is 10.5. The summed E-state index contributed by atoms with van der Waals surface area (Å²) in [5, 5.41) is 12.4. The van der Waals surface area contributed by atoms with Gasteiger partial charge in [-0.3, -0.25) is 5.32 Å². The first-order valence-corrected chi connectivity index (χ1v) is 4.52. The standard InChI is InChI=1S/C9H12BNO3.ClH/c1-11-6-13-8-4-2-3-7-5-14-10(12)9(7)8;/h2-4,11-12H,5-6H2,1H3;1H. The summed E-state index contributed by atoms with van der Waals surface area (Å²) in [5.41, 5.74) is 1.74. The number of nitrogens with one attached hydrogen (secondary N) is 1. The van der Waals surface area contributed by atoms with Crippen molar-refractivity contribution in [3.63, 3.8) is 0 Å². The first-order valence-electron chi connectivity index (χ1n) is 4.52. The maximum atomic E-state index is 9.54. The van der Waals surface area contributed by atoms with E-state index in [-0.39, 0.29) is 12.4 Å². The molecule has 6 heteroatoms. The molecule has 1 aromatic carbocycles. The molecule has 0 spiro atoms. The van der Waals surface area contributed by atoms with E-state index in [4.69, 9.17) is 9.39 Å². The summed E-state index contributed by atoms with van der Waals surface area (Å²) in [6.45, 7) is 0.871. The topological polar surface area (TPSA) is 50.7 Å². The molecule has 0 aromatic heterocycles. The van der Waals surface area contributed by atoms with Crippen LogP contribution in [0.1, 0.15) is 5.56 Å². The van der Waals surface area contributed by atoms with E-state index in [2.05, 4.69) is 5.32 Å². The van der Waals surface area contributed by atoms with Crippen molar-refractivity contribution in [3.05, 3.63) is 23.8 Å². The molecular formula is C9H13BClNO3. The molecule has 2 rings (SSSR count). The Morgan fingerprint density at radius 3 is 3.13 bits per heavy atom. The molecule has 2 N–H and O–H groups in total. The highest BCUT2D eigenvalue weighted by Crippen LogP contribution is 2.17. The van der Waals surface area contributed by atoms with Crippen LogP contribution in [-0.2, 0) is 11.3 Å². The van der Waals surface area contributed by atoms with Crippen LogP contribution in [0.2, 0.25) is 0 Å². The monoisotopic (exact) mass is 229 g/mol. The highest BCUT2D eigenvalue weighted by atomic mass is 35.5. The molecule has 0 bridgehead atoms. The molecule has 1 aliphatic heterocycles. The Balaban J connectivity index is 0.00000112. The van der Waals surface area contributed by atoms with Gasteiger partial charge in [0.2, 0.25) is 0 Å². The van der Waals surface area contributed by atoms with Crippen LogP contribution in [0, 0.1) is 0 Å². The van der Waals surface area contributed by atoms with E-state index < -0.39 is 7.12 Å². The smallest absolute Gasteiger partial charge is 0.479 e. The summed E-state index contributed by atoms with van der Waals surface area (Å²) in [6, 6.07) is 5.65. The molecule has 1 heterocycles. The van der Waals surface area contributed by atoms with Crippen molar-refractivity contribution >= 4 is 25.0 Å². The molecule has 15 heavy (non-hydrogen) atoms.